The predicted octanol–water partition coefficient (Wildman–Crippen LogP) is 2.57. The van der Waals surface area contributed by atoms with Crippen LogP contribution in [0.1, 0.15) is 46.5 Å². The van der Waals surface area contributed by atoms with Crippen molar-refractivity contribution in [2.75, 3.05) is 0 Å². The van der Waals surface area contributed by atoms with E-state index in [4.69, 9.17) is 6.42 Å². The van der Waals surface area contributed by atoms with E-state index in [1.165, 1.54) is 19.3 Å². The Hall–Kier alpha value is -0.480. The lowest BCUT2D eigenvalue weighted by atomic mass is 10.1. The van der Waals surface area contributed by atoms with E-state index in [0.717, 1.165) is 6.42 Å². The van der Waals surface area contributed by atoms with Gasteiger partial charge < -0.3 is 5.32 Å². The van der Waals surface area contributed by atoms with E-state index >= 15 is 0 Å². The van der Waals surface area contributed by atoms with E-state index < -0.39 is 0 Å². The molecule has 0 aromatic carbocycles. The first kappa shape index (κ1) is 11.5. The second-order valence-electron chi connectivity index (χ2n) is 3.37. The second-order valence-corrected chi connectivity index (χ2v) is 3.37. The van der Waals surface area contributed by atoms with Crippen LogP contribution < -0.4 is 5.32 Å². The zero-order valence-electron chi connectivity index (χ0n) is 8.56. The molecule has 0 amide bonds. The Morgan fingerprint density at radius 1 is 1.42 bits per heavy atom. The highest BCUT2D eigenvalue weighted by Gasteiger charge is 2.07. The first-order valence-electron chi connectivity index (χ1n) is 4.94. The molecule has 0 aliphatic rings. The maximum absolute atomic E-state index is 5.23. The van der Waals surface area contributed by atoms with Gasteiger partial charge in [0.15, 0.2) is 0 Å². The Morgan fingerprint density at radius 2 is 2.08 bits per heavy atom. The molecule has 0 fully saturated rings. The lowest BCUT2D eigenvalue weighted by Gasteiger charge is -2.20. The minimum atomic E-state index is 0.464. The molecule has 0 spiro atoms. The van der Waals surface area contributed by atoms with Crippen molar-refractivity contribution in [2.45, 2.75) is 58.5 Å². The lowest BCUT2D eigenvalue weighted by Crippen LogP contribution is -2.35. The summed E-state index contributed by atoms with van der Waals surface area (Å²) in [6.45, 7) is 6.59. The molecule has 0 saturated carbocycles. The van der Waals surface area contributed by atoms with Crippen LogP contribution in [0.25, 0.3) is 0 Å². The highest BCUT2D eigenvalue weighted by Crippen LogP contribution is 2.03. The minimum Gasteiger partial charge on any atom is -0.311 e. The zero-order chi connectivity index (χ0) is 9.40. The van der Waals surface area contributed by atoms with Gasteiger partial charge in [0.25, 0.3) is 0 Å². The van der Waals surface area contributed by atoms with E-state index in [1.807, 2.05) is 0 Å². The number of rotatable bonds is 6. The molecule has 70 valence electrons. The summed E-state index contributed by atoms with van der Waals surface area (Å²) in [5.41, 5.74) is 0. The standard InChI is InChI=1S/C11H21N/c1-5-8-10(4)12-11(7-3)9-6-2/h1,10-12H,6-9H2,2-4H3. The van der Waals surface area contributed by atoms with Gasteiger partial charge in [0.1, 0.15) is 0 Å². The molecule has 1 nitrogen and oxygen atoms in total. The smallest absolute Gasteiger partial charge is 0.0238 e. The fraction of sp³-hybridized carbons (Fsp3) is 0.818. The van der Waals surface area contributed by atoms with Gasteiger partial charge in [-0.3, -0.25) is 0 Å². The summed E-state index contributed by atoms with van der Waals surface area (Å²) in [7, 11) is 0. The molecule has 0 saturated heterocycles. The maximum Gasteiger partial charge on any atom is 0.0238 e. The molecule has 0 rings (SSSR count). The molecule has 0 radical (unpaired) electrons. The molecule has 0 aromatic rings. The van der Waals surface area contributed by atoms with Crippen LogP contribution in [0.4, 0.5) is 0 Å². The lowest BCUT2D eigenvalue weighted by molar-refractivity contribution is 0.413. The molecular formula is C11H21N. The minimum absolute atomic E-state index is 0.464. The van der Waals surface area contributed by atoms with Gasteiger partial charge in [-0.1, -0.05) is 20.3 Å². The van der Waals surface area contributed by atoms with Gasteiger partial charge in [-0.15, -0.1) is 12.3 Å². The highest BCUT2D eigenvalue weighted by atomic mass is 14.9. The van der Waals surface area contributed by atoms with E-state index in [1.54, 1.807) is 0 Å². The number of nitrogens with one attached hydrogen (secondary N) is 1. The average Bonchev–Trinajstić information content (AvgIpc) is 2.04. The van der Waals surface area contributed by atoms with Gasteiger partial charge in [0.2, 0.25) is 0 Å². The summed E-state index contributed by atoms with van der Waals surface area (Å²) < 4.78 is 0. The second kappa shape index (κ2) is 7.18. The van der Waals surface area contributed by atoms with Crippen molar-refractivity contribution in [2.24, 2.45) is 0 Å². The van der Waals surface area contributed by atoms with Gasteiger partial charge in [-0.2, -0.15) is 0 Å². The van der Waals surface area contributed by atoms with Gasteiger partial charge in [0, 0.05) is 18.5 Å². The predicted molar refractivity (Wildman–Crippen MR) is 55.0 cm³/mol. The molecule has 0 aromatic heterocycles. The first-order chi connectivity index (χ1) is 5.74. The number of hydrogen-bond acceptors (Lipinski definition) is 1. The third-order valence-corrected chi connectivity index (χ3v) is 2.07. The fourth-order valence-corrected chi connectivity index (χ4v) is 1.39. The fourth-order valence-electron chi connectivity index (χ4n) is 1.39. The monoisotopic (exact) mass is 167 g/mol. The molecular weight excluding hydrogens is 146 g/mol. The molecule has 0 bridgehead atoms. The van der Waals surface area contributed by atoms with E-state index in [0.29, 0.717) is 12.1 Å². The van der Waals surface area contributed by atoms with Crippen LogP contribution in [0.15, 0.2) is 0 Å². The Bertz CT molecular complexity index is 134. The van der Waals surface area contributed by atoms with E-state index in [9.17, 15) is 0 Å². The summed E-state index contributed by atoms with van der Waals surface area (Å²) in [4.78, 5) is 0. The van der Waals surface area contributed by atoms with Crippen LogP contribution >= 0.6 is 0 Å². The molecule has 0 aliphatic heterocycles. The van der Waals surface area contributed by atoms with Gasteiger partial charge in [0.05, 0.1) is 0 Å². The Morgan fingerprint density at radius 3 is 2.50 bits per heavy atom. The highest BCUT2D eigenvalue weighted by molar-refractivity contribution is 4.88. The molecule has 1 N–H and O–H groups in total. The summed E-state index contributed by atoms with van der Waals surface area (Å²) >= 11 is 0. The van der Waals surface area contributed by atoms with Crippen LogP contribution in [0, 0.1) is 12.3 Å². The van der Waals surface area contributed by atoms with E-state index in [2.05, 4.69) is 32.0 Å². The third kappa shape index (κ3) is 5.21. The van der Waals surface area contributed by atoms with Crippen LogP contribution in [-0.4, -0.2) is 12.1 Å². The Kier molecular flexibility index (Phi) is 6.90. The SMILES string of the molecule is C#CCC(C)NC(CC)CCC. The molecule has 2 atom stereocenters. The molecule has 12 heavy (non-hydrogen) atoms. The molecule has 2 unspecified atom stereocenters. The van der Waals surface area contributed by atoms with Crippen LogP contribution in [0.2, 0.25) is 0 Å². The van der Waals surface area contributed by atoms with Crippen molar-refractivity contribution in [3.8, 4) is 12.3 Å². The maximum atomic E-state index is 5.23. The van der Waals surface area contributed by atoms with Gasteiger partial charge in [-0.25, -0.2) is 0 Å². The average molecular weight is 167 g/mol. The van der Waals surface area contributed by atoms with Crippen molar-refractivity contribution in [3.63, 3.8) is 0 Å². The third-order valence-electron chi connectivity index (χ3n) is 2.07. The van der Waals surface area contributed by atoms with Crippen LogP contribution in [0.5, 0.6) is 0 Å². The van der Waals surface area contributed by atoms with Gasteiger partial charge >= 0.3 is 0 Å². The topological polar surface area (TPSA) is 12.0 Å². The van der Waals surface area contributed by atoms with Crippen LogP contribution in [-0.2, 0) is 0 Å². The Balaban J connectivity index is 3.62. The van der Waals surface area contributed by atoms with Crippen molar-refractivity contribution < 1.29 is 0 Å². The van der Waals surface area contributed by atoms with Gasteiger partial charge in [-0.05, 0) is 19.8 Å². The summed E-state index contributed by atoms with van der Waals surface area (Å²) in [5.74, 6) is 2.68. The van der Waals surface area contributed by atoms with E-state index in [-0.39, 0.29) is 0 Å². The summed E-state index contributed by atoms with van der Waals surface area (Å²) in [6.07, 6.45) is 9.76. The largest absolute Gasteiger partial charge is 0.311 e. The Labute approximate surface area is 76.9 Å². The van der Waals surface area contributed by atoms with Crippen molar-refractivity contribution in [1.82, 2.24) is 5.32 Å². The number of hydrogen-bond donors (Lipinski definition) is 1. The summed E-state index contributed by atoms with van der Waals surface area (Å²) in [5, 5.41) is 3.53. The first-order valence-corrected chi connectivity index (χ1v) is 4.94. The number of terminal acetylenes is 1. The molecule has 1 heteroatoms. The summed E-state index contributed by atoms with van der Waals surface area (Å²) in [6, 6.07) is 1.12. The van der Waals surface area contributed by atoms with Crippen LogP contribution in [0.3, 0.4) is 0 Å². The zero-order valence-corrected chi connectivity index (χ0v) is 8.56. The van der Waals surface area contributed by atoms with Crippen molar-refractivity contribution >= 4 is 0 Å². The van der Waals surface area contributed by atoms with Crippen molar-refractivity contribution in [1.29, 1.82) is 0 Å². The normalized spacial score (nSPS) is 15.2. The molecule has 0 aliphatic carbocycles. The van der Waals surface area contributed by atoms with Crippen molar-refractivity contribution in [3.05, 3.63) is 0 Å². The quantitative estimate of drug-likeness (QED) is 0.599. The molecule has 0 heterocycles.